The minimum absolute atomic E-state index is 0. The van der Waals surface area contributed by atoms with Crippen molar-refractivity contribution in [2.45, 2.75) is 56.5 Å². The number of rotatable bonds is 5. The summed E-state index contributed by atoms with van der Waals surface area (Å²) in [5, 5.41) is 3.51. The maximum Gasteiger partial charge on any atom is 0.232 e. The first kappa shape index (κ1) is 21.9. The van der Waals surface area contributed by atoms with E-state index < -0.39 is 0 Å². The molecule has 4 rings (SSSR count). The summed E-state index contributed by atoms with van der Waals surface area (Å²) in [6, 6.07) is 21.3. The largest absolute Gasteiger partial charge is 0.347 e. The maximum atomic E-state index is 13.6. The van der Waals surface area contributed by atoms with Crippen LogP contribution in [-0.4, -0.2) is 42.6 Å². The molecule has 2 aromatic carbocycles. The van der Waals surface area contributed by atoms with Crippen LogP contribution in [0, 0.1) is 0 Å². The molecular formula is C25H34ClN2O+. The third kappa shape index (κ3) is 4.84. The predicted octanol–water partition coefficient (Wildman–Crippen LogP) is 4.91. The Morgan fingerprint density at radius 2 is 1.38 bits per heavy atom. The predicted molar refractivity (Wildman–Crippen MR) is 121 cm³/mol. The Morgan fingerprint density at radius 3 is 1.93 bits per heavy atom. The van der Waals surface area contributed by atoms with Crippen LogP contribution >= 0.6 is 12.4 Å². The number of likely N-dealkylation sites (N-methyl/N-ethyl adjacent to an activating group) is 1. The van der Waals surface area contributed by atoms with Gasteiger partial charge in [0.1, 0.15) is 6.04 Å². The van der Waals surface area contributed by atoms with Crippen molar-refractivity contribution in [1.82, 2.24) is 5.32 Å². The summed E-state index contributed by atoms with van der Waals surface area (Å²) in [4.78, 5) is 13.6. The number of hydrogen-bond donors (Lipinski definition) is 1. The number of benzene rings is 2. The van der Waals surface area contributed by atoms with E-state index in [-0.39, 0.29) is 24.2 Å². The topological polar surface area (TPSA) is 29.1 Å². The van der Waals surface area contributed by atoms with Gasteiger partial charge in [0.25, 0.3) is 0 Å². The fraction of sp³-hybridized carbons (Fsp3) is 0.480. The van der Waals surface area contributed by atoms with Crippen LogP contribution < -0.4 is 5.32 Å². The van der Waals surface area contributed by atoms with Crippen molar-refractivity contribution in [3.63, 3.8) is 0 Å². The molecule has 0 bridgehead atoms. The molecule has 0 spiro atoms. The van der Waals surface area contributed by atoms with E-state index in [2.05, 4.69) is 36.6 Å². The lowest BCUT2D eigenvalue weighted by atomic mass is 9.86. The van der Waals surface area contributed by atoms with Crippen molar-refractivity contribution in [2.75, 3.05) is 20.1 Å². The molecule has 1 heterocycles. The first-order valence-corrected chi connectivity index (χ1v) is 10.9. The van der Waals surface area contributed by atoms with E-state index in [1.165, 1.54) is 45.2 Å². The summed E-state index contributed by atoms with van der Waals surface area (Å²) >= 11 is 0. The quantitative estimate of drug-likeness (QED) is 0.693. The number of halogens is 1. The first-order valence-electron chi connectivity index (χ1n) is 10.9. The maximum absolute atomic E-state index is 13.6. The number of carbonyl (C=O) groups excluding carboxylic acids is 1. The van der Waals surface area contributed by atoms with Crippen molar-refractivity contribution in [3.8, 4) is 0 Å². The zero-order valence-corrected chi connectivity index (χ0v) is 18.2. The van der Waals surface area contributed by atoms with Crippen molar-refractivity contribution in [3.05, 3.63) is 71.8 Å². The van der Waals surface area contributed by atoms with E-state index >= 15 is 0 Å². The van der Waals surface area contributed by atoms with Crippen molar-refractivity contribution < 1.29 is 9.28 Å². The molecule has 0 unspecified atom stereocenters. The molecule has 156 valence electrons. The normalized spacial score (nSPS) is 23.4. The van der Waals surface area contributed by atoms with Gasteiger partial charge in [-0.15, -0.1) is 12.4 Å². The molecule has 1 amide bonds. The SMILES string of the molecule is C[N+]1([C@@H]2CCCC[C@H]2NC(=O)C(c2ccccc2)c2ccccc2)CCCC1.Cl. The molecule has 1 N–H and O–H groups in total. The molecule has 1 aliphatic carbocycles. The molecule has 2 atom stereocenters. The number of hydrogen-bond acceptors (Lipinski definition) is 1. The summed E-state index contributed by atoms with van der Waals surface area (Å²) in [5.74, 6) is -0.0889. The number of nitrogens with one attached hydrogen (secondary N) is 1. The lowest BCUT2D eigenvalue weighted by Gasteiger charge is -2.45. The summed E-state index contributed by atoms with van der Waals surface area (Å²) < 4.78 is 1.15. The fourth-order valence-electron chi connectivity index (χ4n) is 5.47. The smallest absolute Gasteiger partial charge is 0.232 e. The van der Waals surface area contributed by atoms with Crippen LogP contribution in [0.1, 0.15) is 55.6 Å². The third-order valence-corrected chi connectivity index (χ3v) is 6.97. The summed E-state index contributed by atoms with van der Waals surface area (Å²) in [6.07, 6.45) is 7.52. The monoisotopic (exact) mass is 413 g/mol. The average Bonchev–Trinajstić information content (AvgIpc) is 3.18. The summed E-state index contributed by atoms with van der Waals surface area (Å²) in [7, 11) is 2.41. The van der Waals surface area contributed by atoms with Crippen LogP contribution in [0.5, 0.6) is 0 Å². The third-order valence-electron chi connectivity index (χ3n) is 6.97. The molecular weight excluding hydrogens is 380 g/mol. The molecule has 2 fully saturated rings. The standard InChI is InChI=1S/C25H32N2O.ClH/c1-27(18-10-11-19-27)23-17-9-8-16-22(23)26-25(28)24(20-12-4-2-5-13-20)21-14-6-3-7-15-21;/h2-7,12-15,22-24H,8-11,16-19H2,1H3;1H/p+1/t22-,23-;/m1./s1. The molecule has 2 aromatic rings. The second-order valence-electron chi connectivity index (χ2n) is 8.85. The highest BCUT2D eigenvalue weighted by atomic mass is 35.5. The van der Waals surface area contributed by atoms with Gasteiger partial charge in [0.15, 0.2) is 0 Å². The molecule has 0 radical (unpaired) electrons. The minimum Gasteiger partial charge on any atom is -0.347 e. The number of amides is 1. The molecule has 29 heavy (non-hydrogen) atoms. The molecule has 0 aromatic heterocycles. The Bertz CT molecular complexity index is 734. The number of nitrogens with zero attached hydrogens (tertiary/aromatic N) is 1. The van der Waals surface area contributed by atoms with E-state index in [0.29, 0.717) is 12.1 Å². The molecule has 1 saturated heterocycles. The number of carbonyl (C=O) groups is 1. The van der Waals surface area contributed by atoms with E-state index in [1.807, 2.05) is 36.4 Å². The average molecular weight is 414 g/mol. The van der Waals surface area contributed by atoms with Gasteiger partial charge < -0.3 is 9.80 Å². The second kappa shape index (κ2) is 9.77. The minimum atomic E-state index is -0.242. The van der Waals surface area contributed by atoms with Gasteiger partial charge in [0, 0.05) is 19.3 Å². The zero-order chi connectivity index (χ0) is 19.4. The van der Waals surface area contributed by atoms with E-state index in [4.69, 9.17) is 0 Å². The second-order valence-corrected chi connectivity index (χ2v) is 8.85. The Balaban J connectivity index is 0.00000240. The lowest BCUT2D eigenvalue weighted by Crippen LogP contribution is -2.61. The van der Waals surface area contributed by atoms with E-state index in [9.17, 15) is 4.79 Å². The van der Waals surface area contributed by atoms with Crippen molar-refractivity contribution in [2.24, 2.45) is 0 Å². The Morgan fingerprint density at radius 1 is 0.862 bits per heavy atom. The van der Waals surface area contributed by atoms with Crippen LogP contribution in [0.2, 0.25) is 0 Å². The highest BCUT2D eigenvalue weighted by Gasteiger charge is 2.43. The Kier molecular flexibility index (Phi) is 7.37. The highest BCUT2D eigenvalue weighted by Crippen LogP contribution is 2.32. The fourth-order valence-corrected chi connectivity index (χ4v) is 5.47. The first-order chi connectivity index (χ1) is 13.7. The van der Waals surface area contributed by atoms with Crippen LogP contribution in [-0.2, 0) is 4.79 Å². The van der Waals surface area contributed by atoms with E-state index in [0.717, 1.165) is 22.0 Å². The Hall–Kier alpha value is -1.84. The zero-order valence-electron chi connectivity index (χ0n) is 17.4. The van der Waals surface area contributed by atoms with Crippen LogP contribution in [0.25, 0.3) is 0 Å². The van der Waals surface area contributed by atoms with Gasteiger partial charge in [-0.05, 0) is 24.0 Å². The van der Waals surface area contributed by atoms with E-state index in [1.54, 1.807) is 0 Å². The van der Waals surface area contributed by atoms with Crippen LogP contribution in [0.3, 0.4) is 0 Å². The van der Waals surface area contributed by atoms with Crippen molar-refractivity contribution in [1.29, 1.82) is 0 Å². The summed E-state index contributed by atoms with van der Waals surface area (Å²) in [5.41, 5.74) is 2.14. The van der Waals surface area contributed by atoms with Crippen molar-refractivity contribution >= 4 is 18.3 Å². The summed E-state index contributed by atoms with van der Waals surface area (Å²) in [6.45, 7) is 2.52. The van der Waals surface area contributed by atoms with Gasteiger partial charge in [-0.25, -0.2) is 0 Å². The van der Waals surface area contributed by atoms with Gasteiger partial charge in [0.2, 0.25) is 5.91 Å². The molecule has 1 aliphatic heterocycles. The number of likely N-dealkylation sites (tertiary alicyclic amines) is 1. The van der Waals surface area contributed by atoms with Gasteiger partial charge >= 0.3 is 0 Å². The van der Waals surface area contributed by atoms with Crippen LogP contribution in [0.4, 0.5) is 0 Å². The highest BCUT2D eigenvalue weighted by molar-refractivity contribution is 5.87. The number of quaternary nitrogens is 1. The van der Waals surface area contributed by atoms with Crippen LogP contribution in [0.15, 0.2) is 60.7 Å². The van der Waals surface area contributed by atoms with Gasteiger partial charge in [-0.1, -0.05) is 67.1 Å². The molecule has 2 aliphatic rings. The van der Waals surface area contributed by atoms with Gasteiger partial charge in [-0.2, -0.15) is 0 Å². The molecule has 1 saturated carbocycles. The molecule has 4 heteroatoms. The Labute approximate surface area is 181 Å². The van der Waals surface area contributed by atoms with Gasteiger partial charge in [-0.3, -0.25) is 4.79 Å². The molecule has 3 nitrogen and oxygen atoms in total. The lowest BCUT2D eigenvalue weighted by molar-refractivity contribution is -0.924. The van der Waals surface area contributed by atoms with Gasteiger partial charge in [0.05, 0.1) is 32.1 Å².